The molecule has 0 atom stereocenters. The molecule has 1 aliphatic rings. The Labute approximate surface area is 220 Å². The molecule has 1 aliphatic heterocycles. The highest BCUT2D eigenvalue weighted by atomic mass is 32.1. The van der Waals surface area contributed by atoms with Crippen LogP contribution in [-0.2, 0) is 11.5 Å². The average molecular weight is 521 g/mol. The van der Waals surface area contributed by atoms with E-state index in [2.05, 4.69) is 44.8 Å². The van der Waals surface area contributed by atoms with Crippen molar-refractivity contribution in [1.82, 2.24) is 14.8 Å². The van der Waals surface area contributed by atoms with Crippen LogP contribution in [0.1, 0.15) is 12.8 Å². The molecule has 1 saturated heterocycles. The Hall–Kier alpha value is -3.56. The van der Waals surface area contributed by atoms with Gasteiger partial charge in [0.15, 0.2) is 6.73 Å². The van der Waals surface area contributed by atoms with Crippen LogP contribution in [0.5, 0.6) is 5.75 Å². The maximum absolute atomic E-state index is 12.3. The van der Waals surface area contributed by atoms with Crippen LogP contribution < -0.4 is 20.5 Å². The number of rotatable bonds is 9. The van der Waals surface area contributed by atoms with Crippen molar-refractivity contribution in [2.45, 2.75) is 19.6 Å². The van der Waals surface area contributed by atoms with Gasteiger partial charge in [0.2, 0.25) is 0 Å². The van der Waals surface area contributed by atoms with Crippen LogP contribution in [0.15, 0.2) is 64.8 Å². The van der Waals surface area contributed by atoms with Gasteiger partial charge in [-0.3, -0.25) is 14.3 Å². The minimum absolute atomic E-state index is 0.158. The van der Waals surface area contributed by atoms with E-state index in [9.17, 15) is 9.59 Å². The molecule has 37 heavy (non-hydrogen) atoms. The summed E-state index contributed by atoms with van der Waals surface area (Å²) in [6, 6.07) is 17.7. The number of amides is 1. The number of ether oxygens (including phenoxy) is 2. The van der Waals surface area contributed by atoms with Crippen molar-refractivity contribution >= 4 is 44.1 Å². The summed E-state index contributed by atoms with van der Waals surface area (Å²) < 4.78 is 13.9. The number of alkyl carbamates (subject to hydrolysis) is 1. The number of fused-ring (bicyclic) bond motifs is 2. The number of nitrogens with one attached hydrogen (secondary N) is 1. The lowest BCUT2D eigenvalue weighted by Gasteiger charge is -2.36. The fraction of sp³-hybridized carbons (Fsp3) is 0.357. The molecule has 1 fully saturated rings. The van der Waals surface area contributed by atoms with Gasteiger partial charge in [-0.15, -0.1) is 11.3 Å². The largest absolute Gasteiger partial charge is 0.494 e. The summed E-state index contributed by atoms with van der Waals surface area (Å²) in [4.78, 5) is 28.8. The molecule has 0 unspecified atom stereocenters. The minimum atomic E-state index is -0.586. The molecule has 194 valence electrons. The number of unbranched alkanes of at least 4 members (excludes halogenated alkanes) is 1. The molecule has 0 radical (unpaired) electrons. The Morgan fingerprint density at radius 1 is 1.03 bits per heavy atom. The first-order chi connectivity index (χ1) is 18.1. The SMILES string of the molecule is CNC(=O)OCn1c(=O)ccc2ccc(OCCCCN3CCN(c4cccc5sccc45)CC3)cc21. The van der Waals surface area contributed by atoms with E-state index in [0.717, 1.165) is 51.0 Å². The summed E-state index contributed by atoms with van der Waals surface area (Å²) >= 11 is 1.80. The van der Waals surface area contributed by atoms with Gasteiger partial charge >= 0.3 is 6.09 Å². The maximum Gasteiger partial charge on any atom is 0.408 e. The van der Waals surface area contributed by atoms with Crippen molar-refractivity contribution in [3.8, 4) is 5.75 Å². The minimum Gasteiger partial charge on any atom is -0.494 e. The van der Waals surface area contributed by atoms with E-state index in [0.29, 0.717) is 17.9 Å². The summed E-state index contributed by atoms with van der Waals surface area (Å²) in [5.41, 5.74) is 1.79. The molecule has 2 aromatic heterocycles. The molecular weight excluding hydrogens is 488 g/mol. The fourth-order valence-electron chi connectivity index (χ4n) is 4.78. The predicted octanol–water partition coefficient (Wildman–Crippen LogP) is 4.51. The van der Waals surface area contributed by atoms with Crippen LogP contribution in [-0.4, -0.2) is 61.9 Å². The smallest absolute Gasteiger partial charge is 0.408 e. The zero-order valence-electron chi connectivity index (χ0n) is 21.0. The molecule has 8 nitrogen and oxygen atoms in total. The first-order valence-corrected chi connectivity index (χ1v) is 13.5. The highest BCUT2D eigenvalue weighted by molar-refractivity contribution is 7.17. The van der Waals surface area contributed by atoms with E-state index in [1.54, 1.807) is 17.4 Å². The normalized spacial score (nSPS) is 14.2. The van der Waals surface area contributed by atoms with Crippen molar-refractivity contribution < 1.29 is 14.3 Å². The van der Waals surface area contributed by atoms with Gasteiger partial charge in [-0.25, -0.2) is 4.79 Å². The maximum atomic E-state index is 12.3. The Bertz CT molecular complexity index is 1420. The van der Waals surface area contributed by atoms with E-state index < -0.39 is 6.09 Å². The van der Waals surface area contributed by atoms with Crippen molar-refractivity contribution in [2.24, 2.45) is 0 Å². The standard InChI is InChI=1S/C28H32N4O4S/c1-29-28(34)36-20-32-25-19-22(9-7-21(25)8-10-27(32)33)35-17-3-2-12-30-13-15-31(16-14-30)24-5-4-6-26-23(24)11-18-37-26/h4-11,18-19H,2-3,12-17,20H2,1H3,(H,29,34). The van der Waals surface area contributed by atoms with E-state index in [1.165, 1.54) is 33.5 Å². The fourth-order valence-corrected chi connectivity index (χ4v) is 5.59. The van der Waals surface area contributed by atoms with Crippen molar-refractivity contribution in [3.63, 3.8) is 0 Å². The summed E-state index contributed by atoms with van der Waals surface area (Å²) in [5, 5.41) is 6.80. The van der Waals surface area contributed by atoms with Crippen LogP contribution >= 0.6 is 11.3 Å². The first-order valence-electron chi connectivity index (χ1n) is 12.7. The molecular formula is C28H32N4O4S. The molecule has 4 aromatic rings. The number of nitrogens with zero attached hydrogens (tertiary/aromatic N) is 3. The third-order valence-electron chi connectivity index (χ3n) is 6.82. The number of anilines is 1. The number of thiophene rings is 1. The molecule has 0 saturated carbocycles. The first kappa shape index (κ1) is 25.1. The third kappa shape index (κ3) is 5.89. The predicted molar refractivity (Wildman–Crippen MR) is 149 cm³/mol. The number of piperazine rings is 1. The van der Waals surface area contributed by atoms with Gasteiger partial charge < -0.3 is 19.7 Å². The number of carbonyl (C=O) groups excluding carboxylic acids is 1. The lowest BCUT2D eigenvalue weighted by molar-refractivity contribution is 0.116. The molecule has 0 spiro atoms. The molecule has 9 heteroatoms. The zero-order chi connectivity index (χ0) is 25.6. The van der Waals surface area contributed by atoms with Gasteiger partial charge in [0.05, 0.1) is 12.1 Å². The van der Waals surface area contributed by atoms with Gasteiger partial charge in [-0.05, 0) is 66.6 Å². The van der Waals surface area contributed by atoms with Gasteiger partial charge in [-0.1, -0.05) is 6.07 Å². The molecule has 3 heterocycles. The summed E-state index contributed by atoms with van der Waals surface area (Å²) in [7, 11) is 1.48. The Kier molecular flexibility index (Phi) is 7.91. The van der Waals surface area contributed by atoms with Gasteiger partial charge in [-0.2, -0.15) is 0 Å². The number of hydrogen-bond acceptors (Lipinski definition) is 7. The van der Waals surface area contributed by atoms with Crippen LogP contribution in [0, 0.1) is 0 Å². The molecule has 0 bridgehead atoms. The quantitative estimate of drug-likeness (QED) is 0.327. The van der Waals surface area contributed by atoms with E-state index in [1.807, 2.05) is 18.2 Å². The van der Waals surface area contributed by atoms with Gasteiger partial charge in [0.1, 0.15) is 5.75 Å². The summed E-state index contributed by atoms with van der Waals surface area (Å²) in [6.45, 7) is 5.76. The van der Waals surface area contributed by atoms with Crippen molar-refractivity contribution in [2.75, 3.05) is 51.3 Å². The van der Waals surface area contributed by atoms with Crippen LogP contribution in [0.3, 0.4) is 0 Å². The van der Waals surface area contributed by atoms with E-state index in [-0.39, 0.29) is 12.3 Å². The second-order valence-corrected chi connectivity index (χ2v) is 10.1. The second-order valence-electron chi connectivity index (χ2n) is 9.12. The van der Waals surface area contributed by atoms with Crippen molar-refractivity contribution in [3.05, 3.63) is 70.3 Å². The highest BCUT2D eigenvalue weighted by Crippen LogP contribution is 2.31. The monoisotopic (exact) mass is 520 g/mol. The molecule has 1 amide bonds. The molecule has 1 N–H and O–H groups in total. The van der Waals surface area contributed by atoms with Crippen LogP contribution in [0.4, 0.5) is 10.5 Å². The summed E-state index contributed by atoms with van der Waals surface area (Å²) in [6.07, 6.45) is 1.43. The van der Waals surface area contributed by atoms with Gasteiger partial charge in [0, 0.05) is 61.1 Å². The van der Waals surface area contributed by atoms with Gasteiger partial charge in [0.25, 0.3) is 5.56 Å². The number of hydrogen-bond donors (Lipinski definition) is 1. The zero-order valence-corrected chi connectivity index (χ0v) is 21.8. The Morgan fingerprint density at radius 3 is 2.70 bits per heavy atom. The number of pyridine rings is 1. The van der Waals surface area contributed by atoms with E-state index >= 15 is 0 Å². The molecule has 5 rings (SSSR count). The highest BCUT2D eigenvalue weighted by Gasteiger charge is 2.18. The molecule has 2 aromatic carbocycles. The van der Waals surface area contributed by atoms with E-state index in [4.69, 9.17) is 9.47 Å². The molecule has 0 aliphatic carbocycles. The lowest BCUT2D eigenvalue weighted by Crippen LogP contribution is -2.46. The second kappa shape index (κ2) is 11.7. The van der Waals surface area contributed by atoms with Crippen molar-refractivity contribution in [1.29, 1.82) is 0 Å². The lowest BCUT2D eigenvalue weighted by atomic mass is 10.2. The summed E-state index contributed by atoms with van der Waals surface area (Å²) in [5.74, 6) is 0.697. The number of benzene rings is 2. The number of aromatic nitrogens is 1. The topological polar surface area (TPSA) is 76.0 Å². The Balaban J connectivity index is 1.08. The Morgan fingerprint density at radius 2 is 1.86 bits per heavy atom. The average Bonchev–Trinajstić information content (AvgIpc) is 3.42. The van der Waals surface area contributed by atoms with Crippen LogP contribution in [0.25, 0.3) is 21.0 Å². The number of carbonyl (C=O) groups is 1. The van der Waals surface area contributed by atoms with Crippen LogP contribution in [0.2, 0.25) is 0 Å². The third-order valence-corrected chi connectivity index (χ3v) is 7.70.